The molecule has 0 bridgehead atoms. The molecule has 3 saturated carbocycles. The summed E-state index contributed by atoms with van der Waals surface area (Å²) in [7, 11) is 3.18. The maximum atomic E-state index is 13.7. The number of fused-ring (bicyclic) bond motifs is 5. The van der Waals surface area contributed by atoms with Crippen LogP contribution in [0.3, 0.4) is 0 Å². The van der Waals surface area contributed by atoms with E-state index in [9.17, 15) is 29.7 Å². The van der Waals surface area contributed by atoms with E-state index in [1.165, 1.54) is 19.9 Å². The van der Waals surface area contributed by atoms with Crippen molar-refractivity contribution in [2.24, 2.45) is 22.7 Å². The largest absolute Gasteiger partial charge is 0.458 e. The molecule has 60 heavy (non-hydrogen) atoms. The van der Waals surface area contributed by atoms with Crippen molar-refractivity contribution in [3.63, 3.8) is 0 Å². The number of benzene rings is 1. The van der Waals surface area contributed by atoms with Crippen LogP contribution >= 0.6 is 0 Å². The Morgan fingerprint density at radius 2 is 1.52 bits per heavy atom. The van der Waals surface area contributed by atoms with Gasteiger partial charge < -0.3 is 53.2 Å². The third-order valence-corrected chi connectivity index (χ3v) is 15.2. The van der Waals surface area contributed by atoms with Crippen molar-refractivity contribution < 1.29 is 67.6 Å². The van der Waals surface area contributed by atoms with E-state index in [0.717, 1.165) is 11.1 Å². The standard InChI is InChI=1S/C46H64O14/c1-25(47)32-18-21-46(52)44(32,6)42(59-35(49)15-14-29-12-10-9-11-13-29)40(57-28(4)48)41-43(5)19-17-31(22-30(43)16-20-45(41,46)51)58-36-24-34(54-8)39(27(3)56-36)60-37-23-33(53-7)38(50)26(2)55-37/h9-16,26-27,31-34,36-42,50-52H,17-24H2,1-8H3/b15-14+/t26-,27-,31+,32-,33+,34+,36+,37+,38-,39-,40+,41-,42-,43+,44+,45+,46-/m1/s1. The molecule has 7 rings (SSSR count). The number of carbonyl (C=O) groups is 3. The van der Waals surface area contributed by atoms with E-state index in [1.807, 2.05) is 50.3 Å². The predicted octanol–water partition coefficient (Wildman–Crippen LogP) is 4.59. The Morgan fingerprint density at radius 1 is 0.850 bits per heavy atom. The van der Waals surface area contributed by atoms with E-state index >= 15 is 0 Å². The number of ketones is 1. The van der Waals surface area contributed by atoms with Gasteiger partial charge in [-0.2, -0.15) is 0 Å². The van der Waals surface area contributed by atoms with Crippen molar-refractivity contribution in [3.05, 3.63) is 53.6 Å². The van der Waals surface area contributed by atoms with Crippen LogP contribution in [0.25, 0.3) is 6.08 Å². The summed E-state index contributed by atoms with van der Waals surface area (Å²) in [6.07, 6.45) is 0.622. The van der Waals surface area contributed by atoms with Crippen molar-refractivity contribution in [2.45, 2.75) is 172 Å². The second kappa shape index (κ2) is 17.3. The minimum Gasteiger partial charge on any atom is -0.458 e. The van der Waals surface area contributed by atoms with Gasteiger partial charge in [0.2, 0.25) is 0 Å². The Morgan fingerprint density at radius 3 is 2.18 bits per heavy atom. The third-order valence-electron chi connectivity index (χ3n) is 15.2. The van der Waals surface area contributed by atoms with Gasteiger partial charge in [0.25, 0.3) is 0 Å². The number of rotatable bonds is 11. The fourth-order valence-corrected chi connectivity index (χ4v) is 12.1. The van der Waals surface area contributed by atoms with Crippen molar-refractivity contribution in [1.82, 2.24) is 0 Å². The first-order valence-electron chi connectivity index (χ1n) is 21.5. The third kappa shape index (κ3) is 7.72. The van der Waals surface area contributed by atoms with Gasteiger partial charge in [-0.1, -0.05) is 55.8 Å². The van der Waals surface area contributed by atoms with Crippen LogP contribution in [0, 0.1) is 22.7 Å². The van der Waals surface area contributed by atoms with Crippen LogP contribution < -0.4 is 0 Å². The highest BCUT2D eigenvalue weighted by Gasteiger charge is 2.80. The average Bonchev–Trinajstić information content (AvgIpc) is 3.50. The smallest absolute Gasteiger partial charge is 0.331 e. The van der Waals surface area contributed by atoms with Crippen molar-refractivity contribution in [3.8, 4) is 0 Å². The number of carbonyl (C=O) groups excluding carboxylic acids is 3. The summed E-state index contributed by atoms with van der Waals surface area (Å²) >= 11 is 0. The molecule has 6 aliphatic rings. The van der Waals surface area contributed by atoms with Gasteiger partial charge in [-0.15, -0.1) is 0 Å². The van der Waals surface area contributed by atoms with Gasteiger partial charge in [0.1, 0.15) is 41.4 Å². The Hall–Kier alpha value is -3.05. The molecule has 2 heterocycles. The van der Waals surface area contributed by atoms with Crippen LogP contribution in [-0.2, 0) is 52.3 Å². The lowest BCUT2D eigenvalue weighted by atomic mass is 9.42. The van der Waals surface area contributed by atoms with Crippen molar-refractivity contribution in [1.29, 1.82) is 0 Å². The number of methoxy groups -OCH3 is 2. The minimum atomic E-state index is -1.88. The topological polar surface area (TPSA) is 186 Å². The molecule has 3 N–H and O–H groups in total. The van der Waals surface area contributed by atoms with Crippen LogP contribution in [0.5, 0.6) is 0 Å². The highest BCUT2D eigenvalue weighted by Crippen LogP contribution is 2.70. The number of ether oxygens (including phenoxy) is 8. The normalized spacial score (nSPS) is 45.2. The Bertz CT molecular complexity index is 1800. The first-order chi connectivity index (χ1) is 28.4. The van der Waals surface area contributed by atoms with Crippen molar-refractivity contribution >= 4 is 23.8 Å². The molecule has 0 aromatic heterocycles. The Balaban J connectivity index is 1.13. The summed E-state index contributed by atoms with van der Waals surface area (Å²) < 4.78 is 49.3. The zero-order valence-electron chi connectivity index (χ0n) is 36.1. The van der Waals surface area contributed by atoms with Gasteiger partial charge in [-0.3, -0.25) is 9.59 Å². The number of Topliss-reactive ketones (excluding diaryl/α,β-unsaturated/α-hetero) is 1. The SMILES string of the molecule is CO[C@H]1C[C@H](O[C@H]2[C@@H](OC)C[C@H](O[C@H]3CC[C@@]4(C)C(=CC[C@]5(O)[C@@H]4[C@H](OC(C)=O)[C@@H](OC(=O)/C=C/c4ccccc4)[C@]4(C)[C@@H](C(C)=O)CC[C@@]45O)C3)O[C@@H]2C)O[C@H](C)[C@H]1O. The fraction of sp³-hybridized carbons (Fsp3) is 0.717. The van der Waals surface area contributed by atoms with E-state index < -0.39 is 101 Å². The zero-order chi connectivity index (χ0) is 43.4. The summed E-state index contributed by atoms with van der Waals surface area (Å²) in [6.45, 7) is 10.1. The molecule has 2 saturated heterocycles. The second-order valence-corrected chi connectivity index (χ2v) is 18.4. The molecule has 14 heteroatoms. The number of hydrogen-bond acceptors (Lipinski definition) is 14. The molecule has 0 spiro atoms. The van der Waals surface area contributed by atoms with E-state index in [2.05, 4.69) is 0 Å². The number of aliphatic hydroxyl groups excluding tert-OH is 1. The Kier molecular flexibility index (Phi) is 12.9. The van der Waals surface area contributed by atoms with Crippen molar-refractivity contribution in [2.75, 3.05) is 14.2 Å². The number of esters is 2. The molecule has 0 radical (unpaired) electrons. The van der Waals surface area contributed by atoms with E-state index in [4.69, 9.17) is 37.9 Å². The van der Waals surface area contributed by atoms with E-state index in [-0.39, 0.29) is 37.3 Å². The monoisotopic (exact) mass is 840 g/mol. The molecular weight excluding hydrogens is 776 g/mol. The predicted molar refractivity (Wildman–Crippen MR) is 216 cm³/mol. The van der Waals surface area contributed by atoms with E-state index in [0.29, 0.717) is 32.1 Å². The first kappa shape index (κ1) is 45.0. The molecule has 2 aliphatic heterocycles. The lowest BCUT2D eigenvalue weighted by Gasteiger charge is -2.68. The molecule has 4 aliphatic carbocycles. The summed E-state index contributed by atoms with van der Waals surface area (Å²) in [6, 6.07) is 9.24. The first-order valence-corrected chi connectivity index (χ1v) is 21.5. The highest BCUT2D eigenvalue weighted by atomic mass is 16.7. The minimum absolute atomic E-state index is 0.0307. The van der Waals surface area contributed by atoms with Crippen LogP contribution in [0.2, 0.25) is 0 Å². The zero-order valence-corrected chi connectivity index (χ0v) is 36.1. The van der Waals surface area contributed by atoms with Gasteiger partial charge >= 0.3 is 11.9 Å². The van der Waals surface area contributed by atoms with Gasteiger partial charge in [0.15, 0.2) is 12.6 Å². The lowest BCUT2D eigenvalue weighted by molar-refractivity contribution is -0.331. The summed E-state index contributed by atoms with van der Waals surface area (Å²) in [5, 5.41) is 36.6. The number of hydrogen-bond donors (Lipinski definition) is 3. The highest BCUT2D eigenvalue weighted by molar-refractivity contribution is 5.87. The molecule has 17 atom stereocenters. The van der Waals surface area contributed by atoms with Gasteiger partial charge in [-0.25, -0.2) is 4.79 Å². The fourth-order valence-electron chi connectivity index (χ4n) is 12.1. The quantitative estimate of drug-likeness (QED) is 0.160. The maximum Gasteiger partial charge on any atom is 0.331 e. The molecule has 0 amide bonds. The van der Waals surface area contributed by atoms with Crippen LogP contribution in [0.1, 0.15) is 98.5 Å². The van der Waals surface area contributed by atoms with Gasteiger partial charge in [0, 0.05) is 57.3 Å². The van der Waals surface area contributed by atoms with Crippen LogP contribution in [-0.4, -0.2) is 126 Å². The molecular formula is C46H64O14. The molecule has 5 fully saturated rings. The maximum absolute atomic E-state index is 13.7. The summed E-state index contributed by atoms with van der Waals surface area (Å²) in [5.41, 5.74) is -4.31. The molecule has 332 valence electrons. The second-order valence-electron chi connectivity index (χ2n) is 18.4. The lowest BCUT2D eigenvalue weighted by Crippen LogP contribution is -2.80. The van der Waals surface area contributed by atoms with Crippen LogP contribution in [0.4, 0.5) is 0 Å². The Labute approximate surface area is 352 Å². The van der Waals surface area contributed by atoms with Crippen LogP contribution in [0.15, 0.2) is 48.1 Å². The van der Waals surface area contributed by atoms with Gasteiger partial charge in [0.05, 0.1) is 30.5 Å². The molecule has 1 aromatic carbocycles. The van der Waals surface area contributed by atoms with Gasteiger partial charge in [-0.05, 0) is 76.4 Å². The average molecular weight is 841 g/mol. The molecule has 0 unspecified atom stereocenters. The molecule has 1 aromatic rings. The summed E-state index contributed by atoms with van der Waals surface area (Å²) in [5.74, 6) is -3.25. The van der Waals surface area contributed by atoms with E-state index in [1.54, 1.807) is 34.1 Å². The number of aliphatic hydroxyl groups is 3. The summed E-state index contributed by atoms with van der Waals surface area (Å²) in [4.78, 5) is 40.2. The molecule has 14 nitrogen and oxygen atoms in total.